The summed E-state index contributed by atoms with van der Waals surface area (Å²) in [4.78, 5) is 3.96. The van der Waals surface area contributed by atoms with Gasteiger partial charge in [0.2, 0.25) is 0 Å². The van der Waals surface area contributed by atoms with Gasteiger partial charge < -0.3 is 0 Å². The highest BCUT2D eigenvalue weighted by Gasteiger charge is 2.67. The van der Waals surface area contributed by atoms with Gasteiger partial charge in [-0.3, -0.25) is 0 Å². The monoisotopic (exact) mass is 391 g/mol. The van der Waals surface area contributed by atoms with Crippen LogP contribution in [-0.4, -0.2) is 4.98 Å². The van der Waals surface area contributed by atoms with Gasteiger partial charge in [-0.25, -0.2) is 4.98 Å². The lowest BCUT2D eigenvalue weighted by Crippen LogP contribution is -2.07. The van der Waals surface area contributed by atoms with Crippen molar-refractivity contribution in [2.45, 2.75) is 14.8 Å². The first-order valence-electron chi connectivity index (χ1n) is 5.08. The van der Waals surface area contributed by atoms with Crippen LogP contribution in [0.4, 0.5) is 19.4 Å². The zero-order chi connectivity index (χ0) is 15.1. The summed E-state index contributed by atoms with van der Waals surface area (Å²) in [7, 11) is -9.69. The largest absolute Gasteiger partial charge is 0.325 e. The number of rotatable bonds is 3. The summed E-state index contributed by atoms with van der Waals surface area (Å²) >= 11 is 4.38. The van der Waals surface area contributed by atoms with Crippen LogP contribution in [0.1, 0.15) is 0 Å². The number of hydrogen-bond acceptors (Lipinski definition) is 2. The number of pyridine rings is 1. The molecule has 1 heterocycles. The molecule has 2 aromatic rings. The van der Waals surface area contributed by atoms with E-state index >= 15 is 0 Å². The van der Waals surface area contributed by atoms with Gasteiger partial charge in [0.1, 0.15) is 0 Å². The van der Waals surface area contributed by atoms with E-state index in [-0.39, 0.29) is 0 Å². The predicted molar refractivity (Wildman–Crippen MR) is 73.9 cm³/mol. The van der Waals surface area contributed by atoms with Crippen LogP contribution in [0.15, 0.2) is 61.9 Å². The Morgan fingerprint density at radius 3 is 1.85 bits per heavy atom. The molecule has 20 heavy (non-hydrogen) atoms. The lowest BCUT2D eigenvalue weighted by atomic mass is 10.4. The molecule has 0 saturated carbocycles. The minimum atomic E-state index is -9.69. The van der Waals surface area contributed by atoms with Crippen molar-refractivity contribution in [2.24, 2.45) is 0 Å². The van der Waals surface area contributed by atoms with E-state index in [1.165, 1.54) is 0 Å². The Morgan fingerprint density at radius 1 is 0.850 bits per heavy atom. The molecule has 0 aliphatic rings. The Morgan fingerprint density at radius 2 is 1.40 bits per heavy atom. The summed E-state index contributed by atoms with van der Waals surface area (Å²) in [6.07, 6.45) is 0.792. The topological polar surface area (TPSA) is 12.9 Å². The lowest BCUT2D eigenvalue weighted by Gasteiger charge is -2.39. The molecule has 0 radical (unpaired) electrons. The average molecular weight is 392 g/mol. The normalized spacial score (nSPS) is 15.5. The van der Waals surface area contributed by atoms with Gasteiger partial charge in [-0.15, -0.1) is 0 Å². The molecule has 0 fully saturated rings. The maximum atomic E-state index is 12.5. The van der Waals surface area contributed by atoms with E-state index in [9.17, 15) is 19.4 Å². The van der Waals surface area contributed by atoms with Crippen LogP contribution in [0.5, 0.6) is 0 Å². The van der Waals surface area contributed by atoms with Crippen molar-refractivity contribution in [3.63, 3.8) is 0 Å². The molecule has 1 aromatic carbocycles. The van der Waals surface area contributed by atoms with Gasteiger partial charge in [0, 0.05) is 20.5 Å². The summed E-state index contributed by atoms with van der Waals surface area (Å²) in [6.45, 7) is 0. The molecule has 110 valence electrons. The molecule has 2 rings (SSSR count). The zero-order valence-electron chi connectivity index (χ0n) is 9.57. The number of hydrogen-bond donors (Lipinski definition) is 0. The fraction of sp³-hybridized carbons (Fsp3) is 0. The third kappa shape index (κ3) is 4.10. The fourth-order valence-corrected chi connectivity index (χ4v) is 2.92. The van der Waals surface area contributed by atoms with Crippen molar-refractivity contribution in [3.05, 3.63) is 47.1 Å². The van der Waals surface area contributed by atoms with Crippen molar-refractivity contribution < 1.29 is 19.4 Å². The molecule has 0 N–H and O–H groups in total. The molecule has 1 nitrogen and oxygen atoms in total. The van der Waals surface area contributed by atoms with Crippen molar-refractivity contribution in [3.8, 4) is 0 Å². The highest BCUT2D eigenvalue weighted by molar-refractivity contribution is 9.10. The van der Waals surface area contributed by atoms with Crippen molar-refractivity contribution in [1.82, 2.24) is 4.98 Å². The third-order valence-electron chi connectivity index (χ3n) is 2.15. The molecule has 0 unspecified atom stereocenters. The molecule has 0 saturated heterocycles. The number of nitrogens with zero attached hydrogens (tertiary/aromatic N) is 1. The Hall–Kier alpha value is -0.800. The van der Waals surface area contributed by atoms with Crippen molar-refractivity contribution >= 4 is 37.9 Å². The average Bonchev–Trinajstić information content (AvgIpc) is 2.30. The minimum absolute atomic E-state index is 0.308. The zero-order valence-corrected chi connectivity index (χ0v) is 12.8. The van der Waals surface area contributed by atoms with E-state index in [0.717, 1.165) is 33.4 Å². The van der Waals surface area contributed by atoms with Gasteiger partial charge in [-0.1, -0.05) is 47.1 Å². The SMILES string of the molecule is FS(F)(F)(F)(F)c1ccc(Sc2ccc(Br)cc2)cn1. The van der Waals surface area contributed by atoms with Crippen molar-refractivity contribution in [1.29, 1.82) is 0 Å². The molecular weight excluding hydrogens is 385 g/mol. The van der Waals surface area contributed by atoms with Crippen LogP contribution in [0.3, 0.4) is 0 Å². The Labute approximate surface area is 124 Å². The lowest BCUT2D eigenvalue weighted by molar-refractivity contribution is 0.358. The van der Waals surface area contributed by atoms with Gasteiger partial charge in [-0.05, 0) is 36.4 Å². The highest BCUT2D eigenvalue weighted by atomic mass is 79.9. The van der Waals surface area contributed by atoms with Crippen LogP contribution >= 0.6 is 37.9 Å². The Bertz CT molecular complexity index is 625. The molecule has 0 atom stereocenters. The predicted octanol–water partition coefficient (Wildman–Crippen LogP) is 6.65. The van der Waals surface area contributed by atoms with E-state index in [1.807, 2.05) is 0 Å². The molecule has 0 aliphatic carbocycles. The van der Waals surface area contributed by atoms with Gasteiger partial charge >= 0.3 is 10.2 Å². The van der Waals surface area contributed by atoms with Gasteiger partial charge in [0.05, 0.1) is 0 Å². The standard InChI is InChI=1S/C11H7BrF5NS2/c12-8-1-3-9(4-2-8)19-10-5-6-11(18-7-10)20(13,14,15,16)17/h1-7H. The van der Waals surface area contributed by atoms with E-state index < -0.39 is 15.3 Å². The number of halogens is 6. The third-order valence-corrected chi connectivity index (χ3v) is 4.70. The van der Waals surface area contributed by atoms with Gasteiger partial charge in [0.25, 0.3) is 0 Å². The van der Waals surface area contributed by atoms with Gasteiger partial charge in [0.15, 0.2) is 5.03 Å². The van der Waals surface area contributed by atoms with E-state index in [2.05, 4.69) is 20.9 Å². The highest BCUT2D eigenvalue weighted by Crippen LogP contribution is 3.01. The number of aromatic nitrogens is 1. The number of benzene rings is 1. The molecule has 0 bridgehead atoms. The fourth-order valence-electron chi connectivity index (χ4n) is 1.29. The first kappa shape index (κ1) is 15.6. The van der Waals surface area contributed by atoms with Crippen LogP contribution < -0.4 is 0 Å². The van der Waals surface area contributed by atoms with Gasteiger partial charge in [-0.2, -0.15) is 0 Å². The molecule has 0 spiro atoms. The first-order valence-corrected chi connectivity index (χ1v) is 8.64. The summed E-state index contributed by atoms with van der Waals surface area (Å²) in [5, 5.41) is -2.12. The molecule has 0 amide bonds. The quantitative estimate of drug-likeness (QED) is 0.543. The summed E-state index contributed by atoms with van der Waals surface area (Å²) in [5.41, 5.74) is 0. The molecular formula is C11H7BrF5NS2. The molecule has 9 heteroatoms. The minimum Gasteiger partial charge on any atom is -0.240 e. The van der Waals surface area contributed by atoms with E-state index in [4.69, 9.17) is 0 Å². The first-order chi connectivity index (χ1) is 8.94. The van der Waals surface area contributed by atoms with Crippen LogP contribution in [0.25, 0.3) is 0 Å². The Balaban J connectivity index is 2.24. The summed E-state index contributed by atoms with van der Waals surface area (Å²) in [5.74, 6) is 0. The summed E-state index contributed by atoms with van der Waals surface area (Å²) < 4.78 is 63.2. The van der Waals surface area contributed by atoms with E-state index in [1.54, 1.807) is 24.3 Å². The second-order valence-electron chi connectivity index (χ2n) is 3.86. The van der Waals surface area contributed by atoms with Crippen LogP contribution in [-0.2, 0) is 0 Å². The molecule has 0 aliphatic heterocycles. The second-order valence-corrected chi connectivity index (χ2v) is 8.28. The van der Waals surface area contributed by atoms with E-state index in [0.29, 0.717) is 11.0 Å². The smallest absolute Gasteiger partial charge is 0.240 e. The van der Waals surface area contributed by atoms with Crippen molar-refractivity contribution in [2.75, 3.05) is 0 Å². The maximum absolute atomic E-state index is 12.5. The summed E-state index contributed by atoms with van der Waals surface area (Å²) in [6, 6.07) is 8.30. The maximum Gasteiger partial charge on any atom is 0.325 e. The molecule has 1 aromatic heterocycles. The van der Waals surface area contributed by atoms with Crippen LogP contribution in [0.2, 0.25) is 0 Å². The Kier molecular flexibility index (Phi) is 3.39. The van der Waals surface area contributed by atoms with Crippen LogP contribution in [0, 0.1) is 0 Å². The second kappa shape index (κ2) is 4.35.